The van der Waals surface area contributed by atoms with Gasteiger partial charge in [0.1, 0.15) is 12.4 Å². The summed E-state index contributed by atoms with van der Waals surface area (Å²) in [5, 5.41) is 2.44. The molecule has 3 heteroatoms. The van der Waals surface area contributed by atoms with Crippen LogP contribution in [0.5, 0.6) is 5.75 Å². The van der Waals surface area contributed by atoms with E-state index < -0.39 is 0 Å². The van der Waals surface area contributed by atoms with Gasteiger partial charge in [-0.3, -0.25) is 0 Å². The lowest BCUT2D eigenvalue weighted by atomic mass is 9.98. The fourth-order valence-electron chi connectivity index (χ4n) is 2.42. The molecule has 21 heavy (non-hydrogen) atoms. The van der Waals surface area contributed by atoms with Gasteiger partial charge in [0, 0.05) is 11.6 Å². The first-order valence-electron chi connectivity index (χ1n) is 7.58. The molecule has 0 fully saturated rings. The van der Waals surface area contributed by atoms with Gasteiger partial charge in [0.15, 0.2) is 0 Å². The van der Waals surface area contributed by atoms with E-state index in [1.54, 1.807) is 0 Å². The number of ether oxygens (including phenoxy) is 2. The monoisotopic (exact) mass is 287 g/mol. The molecule has 0 aliphatic heterocycles. The molecule has 0 aromatic heterocycles. The Bertz CT molecular complexity index is 578. The fourth-order valence-corrected chi connectivity index (χ4v) is 2.42. The second-order valence-corrected chi connectivity index (χ2v) is 5.71. The first-order chi connectivity index (χ1) is 10.1. The van der Waals surface area contributed by atoms with Crippen LogP contribution in [-0.2, 0) is 11.2 Å². The predicted octanol–water partition coefficient (Wildman–Crippen LogP) is 3.53. The Balaban J connectivity index is 2.21. The highest BCUT2D eigenvalue weighted by Gasteiger charge is 2.10. The molecule has 2 rings (SSSR count). The Kier molecular flexibility index (Phi) is 5.59. The first-order valence-corrected chi connectivity index (χ1v) is 7.58. The molecule has 0 bridgehead atoms. The van der Waals surface area contributed by atoms with Crippen molar-refractivity contribution >= 4 is 10.8 Å². The van der Waals surface area contributed by atoms with Crippen LogP contribution in [-0.4, -0.2) is 25.4 Å². The van der Waals surface area contributed by atoms with Crippen molar-refractivity contribution in [1.29, 1.82) is 0 Å². The maximum atomic E-state index is 6.00. The molecule has 3 nitrogen and oxygen atoms in total. The second kappa shape index (κ2) is 7.43. The predicted molar refractivity (Wildman–Crippen MR) is 87.9 cm³/mol. The minimum absolute atomic E-state index is 0.102. The molecule has 0 spiro atoms. The molecule has 0 radical (unpaired) electrons. The van der Waals surface area contributed by atoms with Gasteiger partial charge in [-0.15, -0.1) is 0 Å². The molecule has 0 heterocycles. The SMILES string of the molecule is CC(N)Cc1c(OCCOC(C)C)ccc2ccccc12. The first kappa shape index (κ1) is 15.8. The second-order valence-electron chi connectivity index (χ2n) is 5.71. The third-order valence-electron chi connectivity index (χ3n) is 3.32. The summed E-state index contributed by atoms with van der Waals surface area (Å²) in [6.45, 7) is 7.23. The Morgan fingerprint density at radius 3 is 2.48 bits per heavy atom. The summed E-state index contributed by atoms with van der Waals surface area (Å²) < 4.78 is 11.4. The van der Waals surface area contributed by atoms with E-state index in [9.17, 15) is 0 Å². The van der Waals surface area contributed by atoms with Gasteiger partial charge < -0.3 is 15.2 Å². The summed E-state index contributed by atoms with van der Waals surface area (Å²) in [4.78, 5) is 0. The molecule has 114 valence electrons. The molecule has 0 amide bonds. The average Bonchev–Trinajstić information content (AvgIpc) is 2.44. The van der Waals surface area contributed by atoms with Gasteiger partial charge in [-0.25, -0.2) is 0 Å². The summed E-state index contributed by atoms with van der Waals surface area (Å²) >= 11 is 0. The topological polar surface area (TPSA) is 44.5 Å². The summed E-state index contributed by atoms with van der Waals surface area (Å²) in [5.74, 6) is 0.915. The molecule has 1 unspecified atom stereocenters. The van der Waals surface area contributed by atoms with Crippen molar-refractivity contribution in [3.8, 4) is 5.75 Å². The zero-order chi connectivity index (χ0) is 15.2. The molecule has 2 aromatic carbocycles. The van der Waals surface area contributed by atoms with E-state index in [1.807, 2.05) is 26.8 Å². The molecule has 0 saturated heterocycles. The molecule has 1 atom stereocenters. The number of hydrogen-bond acceptors (Lipinski definition) is 3. The van der Waals surface area contributed by atoms with Crippen molar-refractivity contribution in [3.05, 3.63) is 42.0 Å². The van der Waals surface area contributed by atoms with Crippen molar-refractivity contribution < 1.29 is 9.47 Å². The van der Waals surface area contributed by atoms with Gasteiger partial charge in [-0.2, -0.15) is 0 Å². The van der Waals surface area contributed by atoms with Crippen LogP contribution in [0.4, 0.5) is 0 Å². The molecule has 2 N–H and O–H groups in total. The summed E-state index contributed by atoms with van der Waals surface area (Å²) in [6, 6.07) is 12.6. The van der Waals surface area contributed by atoms with Gasteiger partial charge >= 0.3 is 0 Å². The van der Waals surface area contributed by atoms with Crippen molar-refractivity contribution in [2.24, 2.45) is 5.73 Å². The lowest BCUT2D eigenvalue weighted by Crippen LogP contribution is -2.19. The summed E-state index contributed by atoms with van der Waals surface area (Å²) in [7, 11) is 0. The van der Waals surface area contributed by atoms with E-state index in [1.165, 1.54) is 16.3 Å². The van der Waals surface area contributed by atoms with Crippen LogP contribution in [0, 0.1) is 0 Å². The highest BCUT2D eigenvalue weighted by Crippen LogP contribution is 2.29. The van der Waals surface area contributed by atoms with Crippen LogP contribution in [0.15, 0.2) is 36.4 Å². The Labute approximate surface area is 127 Å². The van der Waals surface area contributed by atoms with Gasteiger partial charge in [0.2, 0.25) is 0 Å². The standard InChI is InChI=1S/C18H25NO2/c1-13(2)20-10-11-21-18-9-8-15-6-4-5-7-16(15)17(18)12-14(3)19/h4-9,13-14H,10-12,19H2,1-3H3. The smallest absolute Gasteiger partial charge is 0.123 e. The lowest BCUT2D eigenvalue weighted by molar-refractivity contribution is 0.0551. The van der Waals surface area contributed by atoms with E-state index >= 15 is 0 Å². The molecule has 0 aliphatic carbocycles. The van der Waals surface area contributed by atoms with Crippen LogP contribution in [0.25, 0.3) is 10.8 Å². The number of benzene rings is 2. The number of hydrogen-bond donors (Lipinski definition) is 1. The minimum Gasteiger partial charge on any atom is -0.491 e. The largest absolute Gasteiger partial charge is 0.491 e. The Morgan fingerprint density at radius 2 is 1.76 bits per heavy atom. The van der Waals surface area contributed by atoms with Gasteiger partial charge in [-0.05, 0) is 44.0 Å². The number of fused-ring (bicyclic) bond motifs is 1. The maximum absolute atomic E-state index is 6.00. The fraction of sp³-hybridized carbons (Fsp3) is 0.444. The molecule has 2 aromatic rings. The van der Waals surface area contributed by atoms with Gasteiger partial charge in [0.25, 0.3) is 0 Å². The third kappa shape index (κ3) is 4.45. The zero-order valence-electron chi connectivity index (χ0n) is 13.1. The molecular weight excluding hydrogens is 262 g/mol. The Hall–Kier alpha value is -1.58. The van der Waals surface area contributed by atoms with Crippen LogP contribution in [0.3, 0.4) is 0 Å². The van der Waals surface area contributed by atoms with Gasteiger partial charge in [-0.1, -0.05) is 30.3 Å². The number of rotatable bonds is 7. The normalized spacial score (nSPS) is 12.8. The van der Waals surface area contributed by atoms with E-state index in [0.717, 1.165) is 12.2 Å². The van der Waals surface area contributed by atoms with Crippen molar-refractivity contribution in [1.82, 2.24) is 0 Å². The minimum atomic E-state index is 0.102. The zero-order valence-corrected chi connectivity index (χ0v) is 13.1. The summed E-state index contributed by atoms with van der Waals surface area (Å²) in [5.41, 5.74) is 7.19. The van der Waals surface area contributed by atoms with Crippen LogP contribution >= 0.6 is 0 Å². The highest BCUT2D eigenvalue weighted by molar-refractivity contribution is 5.87. The quantitative estimate of drug-likeness (QED) is 0.792. The van der Waals surface area contributed by atoms with Gasteiger partial charge in [0.05, 0.1) is 12.7 Å². The number of nitrogens with two attached hydrogens (primary N) is 1. The van der Waals surface area contributed by atoms with Crippen LogP contribution < -0.4 is 10.5 Å². The lowest BCUT2D eigenvalue weighted by Gasteiger charge is -2.16. The van der Waals surface area contributed by atoms with Crippen LogP contribution in [0.1, 0.15) is 26.3 Å². The third-order valence-corrected chi connectivity index (χ3v) is 3.32. The average molecular weight is 287 g/mol. The van der Waals surface area contributed by atoms with E-state index in [2.05, 4.69) is 30.3 Å². The van der Waals surface area contributed by atoms with E-state index in [0.29, 0.717) is 13.2 Å². The Morgan fingerprint density at radius 1 is 1.00 bits per heavy atom. The highest BCUT2D eigenvalue weighted by atomic mass is 16.5. The van der Waals surface area contributed by atoms with Crippen LogP contribution in [0.2, 0.25) is 0 Å². The van der Waals surface area contributed by atoms with Crippen molar-refractivity contribution in [3.63, 3.8) is 0 Å². The van der Waals surface area contributed by atoms with E-state index in [4.69, 9.17) is 15.2 Å². The maximum Gasteiger partial charge on any atom is 0.123 e. The molecule has 0 saturated carbocycles. The van der Waals surface area contributed by atoms with Crippen molar-refractivity contribution in [2.45, 2.75) is 39.3 Å². The van der Waals surface area contributed by atoms with E-state index in [-0.39, 0.29) is 12.1 Å². The molecule has 0 aliphatic rings. The molecular formula is C18H25NO2. The van der Waals surface area contributed by atoms with Crippen molar-refractivity contribution in [2.75, 3.05) is 13.2 Å². The summed E-state index contributed by atoms with van der Waals surface area (Å²) in [6.07, 6.45) is 1.04.